The van der Waals surface area contributed by atoms with Crippen molar-refractivity contribution in [2.24, 2.45) is 29.6 Å². The van der Waals surface area contributed by atoms with Gasteiger partial charge in [-0.1, -0.05) is 0 Å². The fraction of sp³-hybridized carbons (Fsp3) is 0.476. The molecule has 0 saturated carbocycles. The van der Waals surface area contributed by atoms with E-state index in [1.54, 1.807) is 0 Å². The van der Waals surface area contributed by atoms with Gasteiger partial charge in [-0.25, -0.2) is 0 Å². The summed E-state index contributed by atoms with van der Waals surface area (Å²) >= 11 is 0. The third-order valence-corrected chi connectivity index (χ3v) is 10.7. The molecule has 0 aromatic heterocycles. The van der Waals surface area contributed by atoms with Crippen LogP contribution >= 0.6 is 0 Å². The first-order valence-corrected chi connectivity index (χ1v) is 19.5. The Bertz CT molecular complexity index is 863. The molecule has 12 heteroatoms. The van der Waals surface area contributed by atoms with E-state index in [-0.39, 0.29) is 31.1 Å². The molecule has 0 radical (unpaired) electrons. The normalized spacial score (nSPS) is 15.9. The first kappa shape index (κ1) is 26.8. The van der Waals surface area contributed by atoms with Gasteiger partial charge in [0, 0.05) is 0 Å². The molecular weight excluding hydrogens is 1200 g/mol. The fourth-order valence-electron chi connectivity index (χ4n) is 3.52. The van der Waals surface area contributed by atoms with E-state index in [1.165, 1.54) is 32.1 Å². The van der Waals surface area contributed by atoms with Crippen LogP contribution in [0.25, 0.3) is 0 Å². The van der Waals surface area contributed by atoms with Crippen LogP contribution in [0.4, 0.5) is 0 Å². The second-order valence-corrected chi connectivity index (χ2v) is 16.9. The number of Topliss-reactive ketones (excluding diaryl/α,β-unsaturated/α-hetero) is 2. The van der Waals surface area contributed by atoms with E-state index in [1.807, 2.05) is 0 Å². The van der Waals surface area contributed by atoms with E-state index in [0.717, 1.165) is 20.3 Å². The number of esters is 2. The van der Waals surface area contributed by atoms with E-state index in [9.17, 15) is 33.6 Å². The third kappa shape index (κ3) is 7.60. The van der Waals surface area contributed by atoms with Crippen LogP contribution in [-0.2, 0) is 43.0 Å². The minimum atomic E-state index is -1.19. The molecule has 9 nitrogen and oxygen atoms in total. The second kappa shape index (κ2) is 11.7. The predicted molar refractivity (Wildman–Crippen MR) is 101 cm³/mol. The first-order chi connectivity index (χ1) is 15.3. The summed E-state index contributed by atoms with van der Waals surface area (Å²) < 4.78 is 8.06. The molecule has 0 N–H and O–H groups in total. The molecule has 0 aliphatic rings. The molecule has 5 unspecified atom stereocenters. The van der Waals surface area contributed by atoms with Gasteiger partial charge < -0.3 is 0 Å². The zero-order chi connectivity index (χ0) is 25.9. The van der Waals surface area contributed by atoms with Gasteiger partial charge in [0.25, 0.3) is 0 Å². The van der Waals surface area contributed by atoms with E-state index >= 15 is 0 Å². The summed E-state index contributed by atoms with van der Waals surface area (Å²) in [7, 11) is 2.30. The average molecular weight is 1220 g/mol. The summed E-state index contributed by atoms with van der Waals surface area (Å²) in [6, 6.07) is 0. The maximum atomic E-state index is 12.8. The molecular formula is C21H23O9Rf3. The number of hydrogen-bond donors (Lipinski definition) is 0. The van der Waals surface area contributed by atoms with Crippen molar-refractivity contribution in [1.29, 1.82) is 0 Å². The van der Waals surface area contributed by atoms with Crippen molar-refractivity contribution in [3.8, 4) is 0 Å². The number of allylic oxidation sites excluding steroid dienone is 3. The van der Waals surface area contributed by atoms with Gasteiger partial charge in [-0.3, -0.25) is 0 Å². The molecule has 167 valence electrons. The molecule has 0 aromatic carbocycles. The summed E-state index contributed by atoms with van der Waals surface area (Å²) in [5.74, 6) is -7.61. The molecule has 33 heavy (non-hydrogen) atoms. The van der Waals surface area contributed by atoms with Crippen molar-refractivity contribution in [3.63, 3.8) is 0 Å². The standard InChI is InChI=1S/C21H23O9.3Rf/c1-13(25)17(6-5-9-22)16(12-24)10-18(21(28)30-4)20(14(2)26)15(11-23)7-8-19(27)29-3;;;/h5-8,15-18,20H,10H2,1-4H3;;;. The molecule has 0 saturated heterocycles. The van der Waals surface area contributed by atoms with Crippen molar-refractivity contribution in [1.82, 2.24) is 0 Å². The summed E-state index contributed by atoms with van der Waals surface area (Å²) in [6.45, 7) is 2.52. The Balaban J connectivity index is 6.57. The Morgan fingerprint density at radius 2 is 1.27 bits per heavy atom. The second-order valence-electron chi connectivity index (χ2n) is 7.41. The van der Waals surface area contributed by atoms with Crippen molar-refractivity contribution in [2.45, 2.75) is 20.3 Å². The van der Waals surface area contributed by atoms with Gasteiger partial charge in [-0.05, 0) is 0 Å². The number of carbonyl (C=O) groups is 7. The SMILES string of the molecule is COC(=O)C=CC([C](=O)[Rf])C(C(C)=O)C(CC([C](=O)[Rf])C(C=C[C](=O)[Rf])C(C)=O)C(=O)OC. The van der Waals surface area contributed by atoms with Crippen molar-refractivity contribution >= 4 is 42.4 Å². The Kier molecular flexibility index (Phi) is 9.49. The minimum absolute atomic E-state index is 0.101. The van der Waals surface area contributed by atoms with Gasteiger partial charge in [0.15, 0.2) is 0 Å². The number of carbonyl (C=O) groups excluding carboxylic acids is 7. The van der Waals surface area contributed by atoms with Crippen molar-refractivity contribution in [2.75, 3.05) is 14.2 Å². The van der Waals surface area contributed by atoms with Crippen LogP contribution in [-0.4, -0.2) is 56.6 Å². The third-order valence-electron chi connectivity index (χ3n) is 5.12. The number of rotatable bonds is 14. The summed E-state index contributed by atoms with van der Waals surface area (Å²) in [5.41, 5.74) is 0. The van der Waals surface area contributed by atoms with Gasteiger partial charge in [-0.15, -0.1) is 0 Å². The van der Waals surface area contributed by atoms with Crippen LogP contribution in [0.15, 0.2) is 24.3 Å². The van der Waals surface area contributed by atoms with Crippen LogP contribution in [0.2, 0.25) is 0 Å². The topological polar surface area (TPSA) is 138 Å². The Labute approximate surface area is 174 Å². The van der Waals surface area contributed by atoms with Gasteiger partial charge in [0.1, 0.15) is 0 Å². The van der Waals surface area contributed by atoms with E-state index in [0.29, 0.717) is 0 Å². The van der Waals surface area contributed by atoms with Crippen LogP contribution in [0.1, 0.15) is 20.3 Å². The van der Waals surface area contributed by atoms with Gasteiger partial charge in [0.2, 0.25) is 0 Å². The van der Waals surface area contributed by atoms with E-state index < -0.39 is 47.3 Å². The quantitative estimate of drug-likeness (QED) is 0.178. The van der Waals surface area contributed by atoms with Crippen LogP contribution in [0.5, 0.6) is 0 Å². The zero-order valence-corrected chi connectivity index (χ0v) is 38.4. The Hall–Kier alpha value is -6.23. The van der Waals surface area contributed by atoms with Crippen molar-refractivity contribution < 1.29 is 43.0 Å². The molecule has 0 aromatic rings. The summed E-state index contributed by atoms with van der Waals surface area (Å²) in [6.07, 6.45) is 4.20. The molecule has 0 heterocycles. The van der Waals surface area contributed by atoms with E-state index in [2.05, 4.69) is 4.74 Å². The summed E-state index contributed by atoms with van der Waals surface area (Å²) in [5, 5.41) is 0. The molecule has 0 fully saturated rings. The molecule has 0 spiro atoms. The van der Waals surface area contributed by atoms with Crippen molar-refractivity contribution in [3.05, 3.63) is 24.3 Å². The van der Waals surface area contributed by atoms with Crippen LogP contribution < -0.4 is 0 Å². The zero-order valence-electron chi connectivity index (χ0n) is 19.2. The number of ketones is 2. The van der Waals surface area contributed by atoms with Gasteiger partial charge in [0.05, 0.1) is 0 Å². The molecule has 0 aliphatic heterocycles. The molecule has 0 aliphatic carbocycles. The van der Waals surface area contributed by atoms with Gasteiger partial charge >= 0.3 is 174 Å². The van der Waals surface area contributed by atoms with E-state index in [4.69, 9.17) is 4.74 Å². The number of hydrogen-bond acceptors (Lipinski definition) is 9. The Morgan fingerprint density at radius 1 is 0.727 bits per heavy atom. The molecule has 5 atom stereocenters. The monoisotopic (exact) mass is 1220 g/mol. The Morgan fingerprint density at radius 3 is 1.64 bits per heavy atom. The average Bonchev–Trinajstić information content (AvgIpc) is 2.71. The fourth-order valence-corrected chi connectivity index (χ4v) is 7.80. The summed E-state index contributed by atoms with van der Waals surface area (Å²) in [4.78, 5) is 85.9. The number of ether oxygens (including phenoxy) is 2. The first-order valence-electron chi connectivity index (χ1n) is 9.88. The molecule has 0 bridgehead atoms. The predicted octanol–water partition coefficient (Wildman–Crippen LogP) is 0.322. The maximum absolute atomic E-state index is 12.8. The number of methoxy groups -OCH3 is 2. The molecule has 0 rings (SSSR count). The van der Waals surface area contributed by atoms with Crippen LogP contribution in [0, 0.1) is 29.6 Å². The van der Waals surface area contributed by atoms with Gasteiger partial charge in [-0.2, -0.15) is 0 Å². The van der Waals surface area contributed by atoms with Crippen LogP contribution in [0.3, 0.4) is 0 Å². The molecule has 0 amide bonds.